The quantitative estimate of drug-likeness (QED) is 0.792. The van der Waals surface area contributed by atoms with Crippen molar-refractivity contribution in [1.29, 1.82) is 0 Å². The molecule has 6 heteroatoms. The fourth-order valence-electron chi connectivity index (χ4n) is 2.67. The van der Waals surface area contributed by atoms with Crippen molar-refractivity contribution in [3.63, 3.8) is 0 Å². The first-order valence-electron chi connectivity index (χ1n) is 7.30. The molecule has 0 saturated carbocycles. The molecule has 1 saturated heterocycles. The van der Waals surface area contributed by atoms with Crippen LogP contribution < -0.4 is 4.90 Å². The Bertz CT molecular complexity index is 730. The number of rotatable bonds is 2. The monoisotopic (exact) mass is 380 g/mol. The summed E-state index contributed by atoms with van der Waals surface area (Å²) in [7, 11) is 0. The average molecular weight is 381 g/mol. The summed E-state index contributed by atoms with van der Waals surface area (Å²) in [6.45, 7) is 2.47. The molecular weight excluding hydrogens is 366 g/mol. The van der Waals surface area contributed by atoms with Gasteiger partial charge in [-0.1, -0.05) is 12.1 Å². The van der Waals surface area contributed by atoms with Gasteiger partial charge in [-0.05, 0) is 46.3 Å². The Morgan fingerprint density at radius 3 is 2.30 bits per heavy atom. The SMILES string of the molecule is O=C(c1ccc(F)c(F)c1)N1CCN(c2ccccc2Br)CC1. The third kappa shape index (κ3) is 3.37. The van der Waals surface area contributed by atoms with Crippen LogP contribution in [-0.4, -0.2) is 37.0 Å². The van der Waals surface area contributed by atoms with E-state index in [4.69, 9.17) is 0 Å². The van der Waals surface area contributed by atoms with Crippen molar-refractivity contribution in [3.8, 4) is 0 Å². The van der Waals surface area contributed by atoms with Crippen molar-refractivity contribution in [3.05, 3.63) is 64.1 Å². The minimum atomic E-state index is -0.997. The molecule has 3 nitrogen and oxygen atoms in total. The van der Waals surface area contributed by atoms with E-state index in [9.17, 15) is 13.6 Å². The number of halogens is 3. The highest BCUT2D eigenvalue weighted by Gasteiger charge is 2.23. The van der Waals surface area contributed by atoms with Crippen molar-refractivity contribution < 1.29 is 13.6 Å². The first-order valence-corrected chi connectivity index (χ1v) is 8.09. The minimum Gasteiger partial charge on any atom is -0.367 e. The summed E-state index contributed by atoms with van der Waals surface area (Å²) in [5, 5.41) is 0. The molecule has 0 aromatic heterocycles. The maximum absolute atomic E-state index is 13.3. The van der Waals surface area contributed by atoms with E-state index in [0.29, 0.717) is 26.2 Å². The maximum Gasteiger partial charge on any atom is 0.254 e. The molecule has 3 rings (SSSR count). The first-order chi connectivity index (χ1) is 11.1. The number of anilines is 1. The third-order valence-corrected chi connectivity index (χ3v) is 4.60. The van der Waals surface area contributed by atoms with Crippen molar-refractivity contribution in [1.82, 2.24) is 4.90 Å². The largest absolute Gasteiger partial charge is 0.367 e. The normalized spacial score (nSPS) is 14.9. The molecular formula is C17H15BrF2N2O. The van der Waals surface area contributed by atoms with Gasteiger partial charge in [-0.2, -0.15) is 0 Å². The number of carbonyl (C=O) groups is 1. The lowest BCUT2D eigenvalue weighted by molar-refractivity contribution is 0.0746. The number of para-hydroxylation sites is 1. The Balaban J connectivity index is 1.68. The van der Waals surface area contributed by atoms with E-state index in [1.165, 1.54) is 6.07 Å². The van der Waals surface area contributed by atoms with E-state index in [2.05, 4.69) is 20.8 Å². The van der Waals surface area contributed by atoms with Gasteiger partial charge in [0.25, 0.3) is 5.91 Å². The molecule has 1 fully saturated rings. The van der Waals surface area contributed by atoms with Gasteiger partial charge in [0.05, 0.1) is 5.69 Å². The molecule has 2 aromatic rings. The second-order valence-corrected chi connectivity index (χ2v) is 6.21. The Labute approximate surface area is 141 Å². The molecule has 1 aliphatic heterocycles. The zero-order chi connectivity index (χ0) is 16.4. The lowest BCUT2D eigenvalue weighted by Gasteiger charge is -2.36. The van der Waals surface area contributed by atoms with Crippen LogP contribution in [0.3, 0.4) is 0 Å². The fourth-order valence-corrected chi connectivity index (χ4v) is 3.21. The van der Waals surface area contributed by atoms with Crippen molar-refractivity contribution >= 4 is 27.5 Å². The number of nitrogens with zero attached hydrogens (tertiary/aromatic N) is 2. The summed E-state index contributed by atoms with van der Waals surface area (Å²) in [5.74, 6) is -2.21. The van der Waals surface area contributed by atoms with Crippen molar-refractivity contribution in [2.45, 2.75) is 0 Å². The van der Waals surface area contributed by atoms with Crippen LogP contribution in [0.15, 0.2) is 46.9 Å². The van der Waals surface area contributed by atoms with E-state index < -0.39 is 11.6 Å². The predicted molar refractivity (Wildman–Crippen MR) is 88.6 cm³/mol. The van der Waals surface area contributed by atoms with Crippen LogP contribution >= 0.6 is 15.9 Å². The molecule has 0 unspecified atom stereocenters. The first kappa shape index (κ1) is 15.9. The molecule has 2 aromatic carbocycles. The Kier molecular flexibility index (Phi) is 4.61. The van der Waals surface area contributed by atoms with Gasteiger partial charge < -0.3 is 9.80 Å². The van der Waals surface area contributed by atoms with Crippen LogP contribution in [0, 0.1) is 11.6 Å². The number of amides is 1. The highest BCUT2D eigenvalue weighted by Crippen LogP contribution is 2.26. The van der Waals surface area contributed by atoms with Crippen LogP contribution in [0.25, 0.3) is 0 Å². The lowest BCUT2D eigenvalue weighted by Crippen LogP contribution is -2.48. The molecule has 0 bridgehead atoms. The highest BCUT2D eigenvalue weighted by atomic mass is 79.9. The molecule has 0 spiro atoms. The lowest BCUT2D eigenvalue weighted by atomic mass is 10.1. The van der Waals surface area contributed by atoms with Gasteiger partial charge in [-0.25, -0.2) is 8.78 Å². The zero-order valence-corrected chi connectivity index (χ0v) is 13.9. The van der Waals surface area contributed by atoms with Crippen LogP contribution in [0.2, 0.25) is 0 Å². The number of carbonyl (C=O) groups excluding carboxylic acids is 1. The number of benzene rings is 2. The Morgan fingerprint density at radius 1 is 0.957 bits per heavy atom. The maximum atomic E-state index is 13.3. The molecule has 1 aliphatic rings. The molecule has 0 atom stereocenters. The van der Waals surface area contributed by atoms with Gasteiger partial charge in [-0.3, -0.25) is 4.79 Å². The molecule has 1 heterocycles. The molecule has 120 valence electrons. The van der Waals surface area contributed by atoms with Gasteiger partial charge in [-0.15, -0.1) is 0 Å². The summed E-state index contributed by atoms with van der Waals surface area (Å²) in [4.78, 5) is 16.2. The average Bonchev–Trinajstić information content (AvgIpc) is 2.57. The van der Waals surface area contributed by atoms with Crippen molar-refractivity contribution in [2.75, 3.05) is 31.1 Å². The summed E-state index contributed by atoms with van der Waals surface area (Å²) in [6, 6.07) is 11.2. The molecule has 0 aliphatic carbocycles. The smallest absolute Gasteiger partial charge is 0.254 e. The molecule has 23 heavy (non-hydrogen) atoms. The van der Waals surface area contributed by atoms with Gasteiger partial charge in [0.2, 0.25) is 0 Å². The summed E-state index contributed by atoms with van der Waals surface area (Å²) >= 11 is 3.53. The highest BCUT2D eigenvalue weighted by molar-refractivity contribution is 9.10. The Hall–Kier alpha value is -1.95. The van der Waals surface area contributed by atoms with E-state index in [-0.39, 0.29) is 11.5 Å². The number of hydrogen-bond acceptors (Lipinski definition) is 2. The second kappa shape index (κ2) is 6.66. The van der Waals surface area contributed by atoms with Gasteiger partial charge >= 0.3 is 0 Å². The third-order valence-electron chi connectivity index (χ3n) is 3.93. The van der Waals surface area contributed by atoms with E-state index in [1.54, 1.807) is 4.90 Å². The van der Waals surface area contributed by atoms with Crippen LogP contribution in [0.1, 0.15) is 10.4 Å². The summed E-state index contributed by atoms with van der Waals surface area (Å²) in [5.41, 5.74) is 1.27. The molecule has 0 radical (unpaired) electrons. The predicted octanol–water partition coefficient (Wildman–Crippen LogP) is 3.69. The van der Waals surface area contributed by atoms with E-state index >= 15 is 0 Å². The minimum absolute atomic E-state index is 0.179. The second-order valence-electron chi connectivity index (χ2n) is 5.36. The van der Waals surface area contributed by atoms with Gasteiger partial charge in [0, 0.05) is 36.2 Å². The fraction of sp³-hybridized carbons (Fsp3) is 0.235. The standard InChI is InChI=1S/C17H15BrF2N2O/c18-13-3-1-2-4-16(13)21-7-9-22(10-8-21)17(23)12-5-6-14(19)15(20)11-12/h1-6,11H,7-10H2. The summed E-state index contributed by atoms with van der Waals surface area (Å²) < 4.78 is 27.3. The van der Waals surface area contributed by atoms with E-state index in [1.807, 2.05) is 24.3 Å². The van der Waals surface area contributed by atoms with Crippen LogP contribution in [0.5, 0.6) is 0 Å². The van der Waals surface area contributed by atoms with E-state index in [0.717, 1.165) is 22.3 Å². The van der Waals surface area contributed by atoms with Crippen LogP contribution in [-0.2, 0) is 0 Å². The Morgan fingerprint density at radius 2 is 1.65 bits per heavy atom. The summed E-state index contributed by atoms with van der Waals surface area (Å²) in [6.07, 6.45) is 0. The van der Waals surface area contributed by atoms with Gasteiger partial charge in [0.1, 0.15) is 0 Å². The van der Waals surface area contributed by atoms with Crippen LogP contribution in [0.4, 0.5) is 14.5 Å². The zero-order valence-electron chi connectivity index (χ0n) is 12.3. The number of hydrogen-bond donors (Lipinski definition) is 0. The topological polar surface area (TPSA) is 23.6 Å². The molecule has 0 N–H and O–H groups in total. The van der Waals surface area contributed by atoms with Gasteiger partial charge in [0.15, 0.2) is 11.6 Å². The molecule has 1 amide bonds. The van der Waals surface area contributed by atoms with Crippen molar-refractivity contribution in [2.24, 2.45) is 0 Å². The number of piperazine rings is 1.